The van der Waals surface area contributed by atoms with Gasteiger partial charge in [-0.1, -0.05) is 42.8 Å². The molecule has 2 aromatic carbocycles. The minimum atomic E-state index is 0.0667. The maximum absolute atomic E-state index is 11.8. The fraction of sp³-hybridized carbons (Fsp3) is 0.333. The Bertz CT molecular complexity index is 931. The van der Waals surface area contributed by atoms with Crippen LogP contribution in [0.2, 0.25) is 5.02 Å². The van der Waals surface area contributed by atoms with Crippen molar-refractivity contribution in [3.63, 3.8) is 0 Å². The average molecular weight is 461 g/mol. The van der Waals surface area contributed by atoms with Crippen LogP contribution in [0.25, 0.3) is 6.08 Å². The first-order valence-corrected chi connectivity index (χ1v) is 11.4. The van der Waals surface area contributed by atoms with E-state index >= 15 is 0 Å². The molecule has 0 unspecified atom stereocenters. The highest BCUT2D eigenvalue weighted by molar-refractivity contribution is 8.18. The van der Waals surface area contributed by atoms with Gasteiger partial charge in [0.25, 0.3) is 0 Å². The van der Waals surface area contributed by atoms with Gasteiger partial charge < -0.3 is 14.7 Å². The fourth-order valence-corrected chi connectivity index (χ4v) is 3.87. The molecule has 0 fully saturated rings. The van der Waals surface area contributed by atoms with E-state index in [2.05, 4.69) is 19.9 Å². The average Bonchev–Trinajstić information content (AvgIpc) is 2.77. The van der Waals surface area contributed by atoms with Crippen molar-refractivity contribution in [1.29, 1.82) is 0 Å². The first kappa shape index (κ1) is 25.0. The Kier molecular flexibility index (Phi) is 10.6. The van der Waals surface area contributed by atoms with Crippen LogP contribution in [0.4, 0.5) is 5.69 Å². The zero-order chi connectivity index (χ0) is 22.6. The molecule has 0 atom stereocenters. The number of anilines is 1. The first-order valence-electron chi connectivity index (χ1n) is 10.2. The number of halogens is 1. The second kappa shape index (κ2) is 13.2. The molecule has 0 aromatic heterocycles. The number of aryl methyl sites for hydroxylation is 1. The lowest BCUT2D eigenvalue weighted by atomic mass is 10.2. The van der Waals surface area contributed by atoms with Crippen LogP contribution in [-0.2, 0) is 4.79 Å². The van der Waals surface area contributed by atoms with Crippen LogP contribution in [-0.4, -0.2) is 43.4 Å². The molecule has 166 valence electrons. The summed E-state index contributed by atoms with van der Waals surface area (Å²) in [5.74, 6) is 0.553. The van der Waals surface area contributed by atoms with Gasteiger partial charge in [0.15, 0.2) is 11.5 Å². The van der Waals surface area contributed by atoms with Gasteiger partial charge >= 0.3 is 0 Å². The van der Waals surface area contributed by atoms with E-state index in [1.54, 1.807) is 18.2 Å². The highest BCUT2D eigenvalue weighted by Gasteiger charge is 2.14. The molecule has 0 aliphatic rings. The number of aldehydes is 1. The van der Waals surface area contributed by atoms with E-state index in [4.69, 9.17) is 26.4 Å². The number of hydrogen-bond donors (Lipinski definition) is 1. The van der Waals surface area contributed by atoms with E-state index in [-0.39, 0.29) is 6.61 Å². The fourth-order valence-electron chi connectivity index (χ4n) is 2.78. The first-order chi connectivity index (χ1) is 15.0. The van der Waals surface area contributed by atoms with Gasteiger partial charge in [-0.3, -0.25) is 9.79 Å². The highest BCUT2D eigenvalue weighted by Crippen LogP contribution is 2.29. The number of hydrogen-bond acceptors (Lipinski definition) is 5. The summed E-state index contributed by atoms with van der Waals surface area (Å²) in [5.41, 5.74) is 2.97. The molecule has 0 heterocycles. The Balaban J connectivity index is 2.24. The summed E-state index contributed by atoms with van der Waals surface area (Å²) >= 11 is 7.64. The van der Waals surface area contributed by atoms with Crippen molar-refractivity contribution >= 4 is 46.6 Å². The molecule has 0 bridgehead atoms. The molecule has 0 radical (unpaired) electrons. The Morgan fingerprint density at radius 1 is 1.29 bits per heavy atom. The summed E-state index contributed by atoms with van der Waals surface area (Å²) < 4.78 is 5.55. The van der Waals surface area contributed by atoms with E-state index in [9.17, 15) is 4.79 Å². The number of allylic oxidation sites excluding steroid dienone is 1. The molecule has 0 saturated heterocycles. The Hall–Kier alpha value is -2.28. The number of para-hydroxylation sites is 1. The molecular weight excluding hydrogens is 432 g/mol. The number of ether oxygens (including phenoxy) is 1. The third-order valence-corrected chi connectivity index (χ3v) is 5.72. The predicted molar refractivity (Wildman–Crippen MR) is 132 cm³/mol. The van der Waals surface area contributed by atoms with Gasteiger partial charge in [0, 0.05) is 32.3 Å². The molecule has 31 heavy (non-hydrogen) atoms. The molecule has 0 aliphatic heterocycles. The Labute approximate surface area is 193 Å². The molecule has 1 N–H and O–H groups in total. The molecule has 2 rings (SSSR count). The molecule has 0 saturated carbocycles. The molecular formula is C24H29ClN2O3S. The lowest BCUT2D eigenvalue weighted by Gasteiger charge is -2.22. The molecule has 0 aliphatic carbocycles. The second-order valence-corrected chi connectivity index (χ2v) is 8.34. The summed E-state index contributed by atoms with van der Waals surface area (Å²) in [6, 6.07) is 13.5. The van der Waals surface area contributed by atoms with Crippen molar-refractivity contribution in [1.82, 2.24) is 0 Å². The van der Waals surface area contributed by atoms with E-state index in [0.29, 0.717) is 35.2 Å². The number of carbonyl (C=O) groups is 1. The molecule has 7 heteroatoms. The van der Waals surface area contributed by atoms with Crippen LogP contribution >= 0.6 is 23.4 Å². The molecule has 0 amide bonds. The standard InChI is InChI=1S/C24H29ClN2O3S/c1-4-12-26-24(27(3)22-9-6-5-8-18(22)2)31-20(17-29)15-19-10-11-23(21(25)16-19)30-14-7-13-28/h5-6,8-11,15-17,28H,4,7,12-14H2,1-3H3/b20-15-,26-24?. The maximum atomic E-state index is 11.8. The number of benzene rings is 2. The minimum Gasteiger partial charge on any atom is -0.492 e. The van der Waals surface area contributed by atoms with Crippen LogP contribution in [0.5, 0.6) is 5.75 Å². The van der Waals surface area contributed by atoms with Crippen LogP contribution < -0.4 is 9.64 Å². The zero-order valence-corrected chi connectivity index (χ0v) is 19.7. The van der Waals surface area contributed by atoms with Crippen molar-refractivity contribution in [3.8, 4) is 5.75 Å². The second-order valence-electron chi connectivity index (χ2n) is 6.89. The predicted octanol–water partition coefficient (Wildman–Crippen LogP) is 5.59. The monoisotopic (exact) mass is 460 g/mol. The molecule has 0 spiro atoms. The van der Waals surface area contributed by atoms with Gasteiger partial charge in [-0.2, -0.15) is 0 Å². The molecule has 5 nitrogen and oxygen atoms in total. The van der Waals surface area contributed by atoms with Crippen LogP contribution in [0, 0.1) is 6.92 Å². The van der Waals surface area contributed by atoms with E-state index in [0.717, 1.165) is 34.7 Å². The zero-order valence-electron chi connectivity index (χ0n) is 18.2. The van der Waals surface area contributed by atoms with Crippen molar-refractivity contribution in [2.75, 3.05) is 31.7 Å². The van der Waals surface area contributed by atoms with Gasteiger partial charge in [-0.15, -0.1) is 0 Å². The van der Waals surface area contributed by atoms with Crippen LogP contribution in [0.3, 0.4) is 0 Å². The number of aliphatic hydroxyl groups is 1. The number of aliphatic hydroxyl groups excluding tert-OH is 1. The number of aliphatic imine (C=N–C) groups is 1. The number of nitrogens with zero attached hydrogens (tertiary/aromatic N) is 2. The van der Waals surface area contributed by atoms with Crippen LogP contribution in [0.15, 0.2) is 52.4 Å². The van der Waals surface area contributed by atoms with Gasteiger partial charge in [0.1, 0.15) is 5.75 Å². The smallest absolute Gasteiger partial charge is 0.168 e. The SMILES string of the molecule is CCCN=C(S/C(C=O)=C\c1ccc(OCCCO)c(Cl)c1)N(C)c1ccccc1C. The topological polar surface area (TPSA) is 62.1 Å². The van der Waals surface area contributed by atoms with E-state index in [1.807, 2.05) is 36.2 Å². The van der Waals surface area contributed by atoms with Gasteiger partial charge in [-0.05, 0) is 60.5 Å². The summed E-state index contributed by atoms with van der Waals surface area (Å²) in [4.78, 5) is 19.1. The van der Waals surface area contributed by atoms with Crippen molar-refractivity contribution in [2.24, 2.45) is 4.99 Å². The summed E-state index contributed by atoms with van der Waals surface area (Å²) in [5, 5.41) is 10.1. The third kappa shape index (κ3) is 7.73. The van der Waals surface area contributed by atoms with Crippen LogP contribution in [0.1, 0.15) is 30.9 Å². The van der Waals surface area contributed by atoms with Gasteiger partial charge in [0.2, 0.25) is 0 Å². The largest absolute Gasteiger partial charge is 0.492 e. The Morgan fingerprint density at radius 2 is 2.06 bits per heavy atom. The summed E-state index contributed by atoms with van der Waals surface area (Å²) in [7, 11) is 1.96. The lowest BCUT2D eigenvalue weighted by Crippen LogP contribution is -2.25. The number of amidine groups is 1. The minimum absolute atomic E-state index is 0.0667. The number of rotatable bonds is 10. The quantitative estimate of drug-likeness (QED) is 0.165. The lowest BCUT2D eigenvalue weighted by molar-refractivity contribution is -0.104. The normalized spacial score (nSPS) is 12.0. The third-order valence-electron chi connectivity index (χ3n) is 4.38. The van der Waals surface area contributed by atoms with E-state index < -0.39 is 0 Å². The summed E-state index contributed by atoms with van der Waals surface area (Å²) in [6.07, 6.45) is 4.07. The molecule has 2 aromatic rings. The van der Waals surface area contributed by atoms with Crippen molar-refractivity contribution < 1.29 is 14.6 Å². The number of thioether (sulfide) groups is 1. The highest BCUT2D eigenvalue weighted by atomic mass is 35.5. The Morgan fingerprint density at radius 3 is 2.71 bits per heavy atom. The van der Waals surface area contributed by atoms with Crippen molar-refractivity contribution in [3.05, 3.63) is 63.5 Å². The summed E-state index contributed by atoms with van der Waals surface area (Å²) in [6.45, 7) is 5.26. The van der Waals surface area contributed by atoms with Gasteiger partial charge in [-0.25, -0.2) is 0 Å². The van der Waals surface area contributed by atoms with Crippen molar-refractivity contribution in [2.45, 2.75) is 26.7 Å². The number of carbonyl (C=O) groups excluding carboxylic acids is 1. The van der Waals surface area contributed by atoms with E-state index in [1.165, 1.54) is 11.8 Å². The van der Waals surface area contributed by atoms with Gasteiger partial charge in [0.05, 0.1) is 16.5 Å². The maximum Gasteiger partial charge on any atom is 0.168 e.